The molecule has 1 aliphatic carbocycles. The van der Waals surface area contributed by atoms with Crippen LogP contribution in [0.4, 0.5) is 5.95 Å². The van der Waals surface area contributed by atoms with E-state index >= 15 is 0 Å². The van der Waals surface area contributed by atoms with Crippen LogP contribution < -0.4 is 10.1 Å². The highest BCUT2D eigenvalue weighted by Gasteiger charge is 2.22. The summed E-state index contributed by atoms with van der Waals surface area (Å²) < 4.78 is 6.03. The average molecular weight is 290 g/mol. The van der Waals surface area contributed by atoms with Gasteiger partial charge in [0.05, 0.1) is 6.20 Å². The summed E-state index contributed by atoms with van der Waals surface area (Å²) in [7, 11) is 1.77. The Labute approximate surface area is 123 Å². The van der Waals surface area contributed by atoms with Crippen LogP contribution in [0.3, 0.4) is 0 Å². The number of aryl methyl sites for hydroxylation is 1. The molecular weight excluding hydrogens is 274 g/mol. The van der Waals surface area contributed by atoms with Crippen LogP contribution in [0, 0.1) is 0 Å². The van der Waals surface area contributed by atoms with Crippen LogP contribution in [0.5, 0.6) is 5.88 Å². The third-order valence-corrected chi connectivity index (χ3v) is 3.76. The predicted molar refractivity (Wildman–Crippen MR) is 79.3 cm³/mol. The summed E-state index contributed by atoms with van der Waals surface area (Å²) >= 11 is 6.12. The summed E-state index contributed by atoms with van der Waals surface area (Å²) in [6.45, 7) is 0. The van der Waals surface area contributed by atoms with Crippen molar-refractivity contribution in [3.05, 3.63) is 46.6 Å². The highest BCUT2D eigenvalue weighted by atomic mass is 35.5. The van der Waals surface area contributed by atoms with Crippen molar-refractivity contribution in [2.45, 2.75) is 25.4 Å². The van der Waals surface area contributed by atoms with Crippen LogP contribution in [0.2, 0.25) is 5.02 Å². The second-order valence-corrected chi connectivity index (χ2v) is 5.20. The Morgan fingerprint density at radius 2 is 2.20 bits per heavy atom. The number of nitrogens with zero attached hydrogens (tertiary/aromatic N) is 2. The van der Waals surface area contributed by atoms with Crippen LogP contribution in [0.1, 0.15) is 30.1 Å². The molecule has 0 saturated heterocycles. The Morgan fingerprint density at radius 3 is 3.05 bits per heavy atom. The molecular formula is C15H16ClN3O. The van der Waals surface area contributed by atoms with Gasteiger partial charge in [-0.3, -0.25) is 0 Å². The quantitative estimate of drug-likeness (QED) is 0.937. The van der Waals surface area contributed by atoms with Crippen LogP contribution >= 0.6 is 11.6 Å². The van der Waals surface area contributed by atoms with Gasteiger partial charge in [-0.25, -0.2) is 4.98 Å². The number of ether oxygens (including phenoxy) is 1. The number of halogens is 1. The van der Waals surface area contributed by atoms with Gasteiger partial charge in [0.25, 0.3) is 0 Å². The van der Waals surface area contributed by atoms with E-state index in [9.17, 15) is 0 Å². The molecule has 0 saturated carbocycles. The van der Waals surface area contributed by atoms with Crippen molar-refractivity contribution in [3.63, 3.8) is 0 Å². The van der Waals surface area contributed by atoms with E-state index in [2.05, 4.69) is 33.5 Å². The van der Waals surface area contributed by atoms with E-state index < -0.39 is 0 Å². The molecule has 0 bridgehead atoms. The van der Waals surface area contributed by atoms with Crippen molar-refractivity contribution in [2.75, 3.05) is 12.4 Å². The van der Waals surface area contributed by atoms with Gasteiger partial charge in [0.2, 0.25) is 11.8 Å². The SMILES string of the molecule is CNc1ncc(Cl)c(OC2CCCc3ccccc32)n1. The van der Waals surface area contributed by atoms with Crippen molar-refractivity contribution < 1.29 is 4.74 Å². The highest BCUT2D eigenvalue weighted by Crippen LogP contribution is 2.35. The molecule has 20 heavy (non-hydrogen) atoms. The van der Waals surface area contributed by atoms with Gasteiger partial charge in [-0.1, -0.05) is 35.9 Å². The lowest BCUT2D eigenvalue weighted by Gasteiger charge is -2.26. The Hall–Kier alpha value is -1.81. The maximum atomic E-state index is 6.12. The van der Waals surface area contributed by atoms with Gasteiger partial charge in [-0.05, 0) is 30.4 Å². The molecule has 3 rings (SSSR count). The molecule has 1 unspecified atom stereocenters. The standard InChI is InChI=1S/C15H16ClN3O/c1-17-15-18-9-12(16)14(19-15)20-13-8-4-6-10-5-2-3-7-11(10)13/h2-3,5,7,9,13H,4,6,8H2,1H3,(H,17,18,19). The van der Waals surface area contributed by atoms with Gasteiger partial charge in [0.15, 0.2) is 0 Å². The Balaban J connectivity index is 1.89. The second-order valence-electron chi connectivity index (χ2n) is 4.79. The van der Waals surface area contributed by atoms with Crippen LogP contribution in [0.15, 0.2) is 30.5 Å². The Kier molecular flexibility index (Phi) is 3.74. The summed E-state index contributed by atoms with van der Waals surface area (Å²) in [5.74, 6) is 0.946. The molecule has 1 N–H and O–H groups in total. The monoisotopic (exact) mass is 289 g/mol. The average Bonchev–Trinajstić information content (AvgIpc) is 2.50. The van der Waals surface area contributed by atoms with E-state index in [1.165, 1.54) is 11.1 Å². The van der Waals surface area contributed by atoms with E-state index in [-0.39, 0.29) is 6.10 Å². The lowest BCUT2D eigenvalue weighted by atomic mass is 9.89. The highest BCUT2D eigenvalue weighted by molar-refractivity contribution is 6.31. The van der Waals surface area contributed by atoms with Crippen LogP contribution in [-0.2, 0) is 6.42 Å². The zero-order valence-electron chi connectivity index (χ0n) is 11.3. The van der Waals surface area contributed by atoms with Gasteiger partial charge >= 0.3 is 0 Å². The summed E-state index contributed by atoms with van der Waals surface area (Å²) in [5, 5.41) is 3.33. The van der Waals surface area contributed by atoms with Crippen LogP contribution in [-0.4, -0.2) is 17.0 Å². The first-order chi connectivity index (χ1) is 9.78. The first kappa shape index (κ1) is 13.2. The van der Waals surface area contributed by atoms with Gasteiger partial charge in [0, 0.05) is 7.05 Å². The van der Waals surface area contributed by atoms with Crippen molar-refractivity contribution >= 4 is 17.5 Å². The Morgan fingerprint density at radius 1 is 1.35 bits per heavy atom. The molecule has 0 aliphatic heterocycles. The second kappa shape index (κ2) is 5.67. The minimum atomic E-state index is 0.0112. The molecule has 5 heteroatoms. The minimum Gasteiger partial charge on any atom is -0.468 e. The molecule has 1 aliphatic rings. The molecule has 1 aromatic heterocycles. The molecule has 1 atom stereocenters. The number of aromatic nitrogens is 2. The third kappa shape index (κ3) is 2.56. The fraction of sp³-hybridized carbons (Fsp3) is 0.333. The van der Waals surface area contributed by atoms with Gasteiger partial charge in [-0.15, -0.1) is 0 Å². The fourth-order valence-electron chi connectivity index (χ4n) is 2.52. The molecule has 0 spiro atoms. The number of hydrogen-bond donors (Lipinski definition) is 1. The van der Waals surface area contributed by atoms with Gasteiger partial charge < -0.3 is 10.1 Å². The van der Waals surface area contributed by atoms with Crippen LogP contribution in [0.25, 0.3) is 0 Å². The number of fused-ring (bicyclic) bond motifs is 1. The van der Waals surface area contributed by atoms with Crippen molar-refractivity contribution in [2.24, 2.45) is 0 Å². The van der Waals surface area contributed by atoms with Crippen molar-refractivity contribution in [1.29, 1.82) is 0 Å². The molecule has 2 aromatic rings. The number of rotatable bonds is 3. The first-order valence-corrected chi connectivity index (χ1v) is 7.10. The summed E-state index contributed by atoms with van der Waals surface area (Å²) in [4.78, 5) is 8.34. The van der Waals surface area contributed by atoms with E-state index in [1.54, 1.807) is 13.2 Å². The molecule has 1 heterocycles. The molecule has 0 fully saturated rings. The maximum Gasteiger partial charge on any atom is 0.238 e. The lowest BCUT2D eigenvalue weighted by Crippen LogP contribution is -2.16. The largest absolute Gasteiger partial charge is 0.468 e. The van der Waals surface area contributed by atoms with E-state index in [1.807, 2.05) is 6.07 Å². The van der Waals surface area contributed by atoms with E-state index in [0.717, 1.165) is 19.3 Å². The van der Waals surface area contributed by atoms with E-state index in [0.29, 0.717) is 16.9 Å². The number of hydrogen-bond acceptors (Lipinski definition) is 4. The molecule has 1 aromatic carbocycles. The first-order valence-electron chi connectivity index (χ1n) is 6.72. The maximum absolute atomic E-state index is 6.12. The summed E-state index contributed by atoms with van der Waals surface area (Å²) in [5.41, 5.74) is 2.59. The predicted octanol–water partition coefficient (Wildman–Crippen LogP) is 3.63. The zero-order valence-corrected chi connectivity index (χ0v) is 12.0. The normalized spacial score (nSPS) is 17.4. The third-order valence-electron chi connectivity index (χ3n) is 3.50. The smallest absolute Gasteiger partial charge is 0.238 e. The Bertz CT molecular complexity index is 618. The van der Waals surface area contributed by atoms with E-state index in [4.69, 9.17) is 16.3 Å². The number of benzene rings is 1. The summed E-state index contributed by atoms with van der Waals surface area (Å²) in [6, 6.07) is 8.39. The molecule has 104 valence electrons. The topological polar surface area (TPSA) is 47.0 Å². The fourth-order valence-corrected chi connectivity index (χ4v) is 2.66. The zero-order chi connectivity index (χ0) is 13.9. The number of anilines is 1. The minimum absolute atomic E-state index is 0.0112. The van der Waals surface area contributed by atoms with Crippen molar-refractivity contribution in [3.8, 4) is 5.88 Å². The summed E-state index contributed by atoms with van der Waals surface area (Å²) in [6.07, 6.45) is 4.77. The van der Waals surface area contributed by atoms with Gasteiger partial charge in [0.1, 0.15) is 11.1 Å². The molecule has 4 nitrogen and oxygen atoms in total. The lowest BCUT2D eigenvalue weighted by molar-refractivity contribution is 0.176. The molecule has 0 amide bonds. The van der Waals surface area contributed by atoms with Crippen molar-refractivity contribution in [1.82, 2.24) is 9.97 Å². The number of nitrogens with one attached hydrogen (secondary N) is 1. The van der Waals surface area contributed by atoms with Gasteiger partial charge in [-0.2, -0.15) is 4.98 Å². The molecule has 0 radical (unpaired) electrons.